The lowest BCUT2D eigenvalue weighted by molar-refractivity contribution is -0.130. The third-order valence-electron chi connectivity index (χ3n) is 5.45. The summed E-state index contributed by atoms with van der Waals surface area (Å²) in [4.78, 5) is 45.0. The molecule has 30 heavy (non-hydrogen) atoms. The van der Waals surface area contributed by atoms with E-state index in [4.69, 9.17) is 0 Å². The van der Waals surface area contributed by atoms with Crippen LogP contribution in [0.25, 0.3) is 0 Å². The highest BCUT2D eigenvalue weighted by molar-refractivity contribution is 8.01. The minimum Gasteiger partial charge on any atom is -0.342 e. The Morgan fingerprint density at radius 1 is 1.23 bits per heavy atom. The van der Waals surface area contributed by atoms with E-state index < -0.39 is 16.8 Å². The van der Waals surface area contributed by atoms with E-state index in [-0.39, 0.29) is 29.0 Å². The third kappa shape index (κ3) is 3.50. The zero-order valence-corrected chi connectivity index (χ0v) is 18.8. The number of amides is 3. The monoisotopic (exact) mass is 444 g/mol. The normalized spacial score (nSPS) is 22.6. The molecule has 1 saturated heterocycles. The maximum atomic E-state index is 13.4. The van der Waals surface area contributed by atoms with Crippen LogP contribution in [0.3, 0.4) is 0 Å². The van der Waals surface area contributed by atoms with E-state index in [2.05, 4.69) is 15.6 Å². The van der Waals surface area contributed by atoms with E-state index in [1.807, 2.05) is 45.9 Å². The smallest absolute Gasteiger partial charge is 0.256 e. The number of hydrogen-bond donors (Lipinski definition) is 2. The number of nitrogens with one attached hydrogen (secondary N) is 2. The maximum absolute atomic E-state index is 13.4. The summed E-state index contributed by atoms with van der Waals surface area (Å²) in [6, 6.07) is 6.08. The van der Waals surface area contributed by atoms with Crippen LogP contribution in [0.2, 0.25) is 0 Å². The van der Waals surface area contributed by atoms with Crippen LogP contribution in [0, 0.1) is 5.92 Å². The minimum atomic E-state index is -0.735. The van der Waals surface area contributed by atoms with Gasteiger partial charge in [-0.25, -0.2) is 4.98 Å². The van der Waals surface area contributed by atoms with E-state index >= 15 is 0 Å². The van der Waals surface area contributed by atoms with Gasteiger partial charge in [0.2, 0.25) is 11.8 Å². The summed E-state index contributed by atoms with van der Waals surface area (Å²) in [5.41, 5.74) is 1.59. The van der Waals surface area contributed by atoms with E-state index in [9.17, 15) is 14.4 Å². The molecule has 1 fully saturated rings. The van der Waals surface area contributed by atoms with Crippen LogP contribution in [-0.4, -0.2) is 44.4 Å². The van der Waals surface area contributed by atoms with Crippen molar-refractivity contribution in [2.45, 2.75) is 49.9 Å². The average Bonchev–Trinajstić information content (AvgIpc) is 3.35. The Balaban J connectivity index is 1.57. The fourth-order valence-corrected chi connectivity index (χ4v) is 6.16. The van der Waals surface area contributed by atoms with Gasteiger partial charge in [0.25, 0.3) is 5.91 Å². The lowest BCUT2D eigenvalue weighted by Gasteiger charge is -2.31. The third-order valence-corrected chi connectivity index (χ3v) is 7.68. The van der Waals surface area contributed by atoms with Crippen LogP contribution in [-0.2, 0) is 9.59 Å². The van der Waals surface area contributed by atoms with Gasteiger partial charge < -0.3 is 15.5 Å². The van der Waals surface area contributed by atoms with Gasteiger partial charge in [-0.05, 0) is 31.4 Å². The molecule has 9 heteroatoms. The second-order valence-corrected chi connectivity index (χ2v) is 11.0. The van der Waals surface area contributed by atoms with Crippen molar-refractivity contribution in [3.63, 3.8) is 0 Å². The molecule has 4 rings (SSSR count). The number of nitrogens with zero attached hydrogens (tertiary/aromatic N) is 2. The van der Waals surface area contributed by atoms with Crippen molar-refractivity contribution in [2.75, 3.05) is 5.32 Å². The first kappa shape index (κ1) is 20.9. The Bertz CT molecular complexity index is 990. The van der Waals surface area contributed by atoms with Gasteiger partial charge in [0.1, 0.15) is 17.5 Å². The first-order valence-corrected chi connectivity index (χ1v) is 11.6. The molecule has 2 aliphatic heterocycles. The quantitative estimate of drug-likeness (QED) is 0.739. The van der Waals surface area contributed by atoms with E-state index in [0.717, 1.165) is 5.56 Å². The van der Waals surface area contributed by atoms with Gasteiger partial charge in [0.05, 0.1) is 0 Å². The Kier molecular flexibility index (Phi) is 5.36. The van der Waals surface area contributed by atoms with E-state index in [1.54, 1.807) is 34.3 Å². The van der Waals surface area contributed by atoms with Crippen molar-refractivity contribution < 1.29 is 14.4 Å². The minimum absolute atomic E-state index is 0.131. The first-order valence-electron chi connectivity index (χ1n) is 9.81. The number of carbonyl (C=O) groups is 3. The number of aromatic nitrogens is 1. The second kappa shape index (κ2) is 7.70. The molecule has 2 N–H and O–H groups in total. The number of benzene rings is 1. The molecule has 3 unspecified atom stereocenters. The van der Waals surface area contributed by atoms with Crippen molar-refractivity contribution in [1.29, 1.82) is 0 Å². The van der Waals surface area contributed by atoms with Gasteiger partial charge in [-0.15, -0.1) is 23.1 Å². The van der Waals surface area contributed by atoms with Crippen molar-refractivity contribution in [1.82, 2.24) is 15.2 Å². The first-order chi connectivity index (χ1) is 14.2. The Labute approximate surface area is 183 Å². The molecular formula is C21H24N4O3S2. The van der Waals surface area contributed by atoms with Crippen LogP contribution in [0.1, 0.15) is 49.0 Å². The molecule has 3 heterocycles. The summed E-state index contributed by atoms with van der Waals surface area (Å²) in [5.74, 6) is -0.899. The summed E-state index contributed by atoms with van der Waals surface area (Å²) in [7, 11) is 0. The Morgan fingerprint density at radius 2 is 1.97 bits per heavy atom. The zero-order valence-electron chi connectivity index (χ0n) is 17.2. The summed E-state index contributed by atoms with van der Waals surface area (Å²) in [6.07, 6.45) is 1.61. The van der Waals surface area contributed by atoms with Crippen LogP contribution in [0.4, 0.5) is 5.13 Å². The lowest BCUT2D eigenvalue weighted by Crippen LogP contribution is -2.57. The van der Waals surface area contributed by atoms with Gasteiger partial charge >= 0.3 is 0 Å². The fraction of sp³-hybridized carbons (Fsp3) is 0.429. The van der Waals surface area contributed by atoms with Crippen molar-refractivity contribution in [2.24, 2.45) is 5.92 Å². The van der Waals surface area contributed by atoms with E-state index in [1.165, 1.54) is 11.3 Å². The molecular weight excluding hydrogens is 420 g/mol. The maximum Gasteiger partial charge on any atom is 0.256 e. The molecule has 7 nitrogen and oxygen atoms in total. The Morgan fingerprint density at radius 3 is 2.63 bits per heavy atom. The number of fused-ring (bicyclic) bond motifs is 3. The predicted octanol–water partition coefficient (Wildman–Crippen LogP) is 3.27. The highest BCUT2D eigenvalue weighted by Gasteiger charge is 2.57. The van der Waals surface area contributed by atoms with Crippen molar-refractivity contribution in [3.8, 4) is 0 Å². The summed E-state index contributed by atoms with van der Waals surface area (Å²) < 4.78 is -0.495. The van der Waals surface area contributed by atoms with Crippen LogP contribution < -0.4 is 10.6 Å². The number of thiazole rings is 1. The van der Waals surface area contributed by atoms with Gasteiger partial charge in [0, 0.05) is 21.9 Å². The number of rotatable bonds is 5. The molecule has 2 aliphatic rings. The molecule has 158 valence electrons. The lowest BCUT2D eigenvalue weighted by atomic mass is 9.98. The second-order valence-electron chi connectivity index (χ2n) is 8.33. The van der Waals surface area contributed by atoms with Gasteiger partial charge in [-0.3, -0.25) is 14.4 Å². The topological polar surface area (TPSA) is 91.4 Å². The standard InChI is InChI=1S/C21H24N4O3S2/c1-11(2)14(16(26)24-20-22-9-10-29-20)23-17(27)15-21(3,4)30-19-13-8-6-5-7-12(13)18(28)25(15)19/h5-11,14-15,19H,1-4H3,(H,23,27)(H,22,24,26). The van der Waals surface area contributed by atoms with E-state index in [0.29, 0.717) is 10.7 Å². The summed E-state index contributed by atoms with van der Waals surface area (Å²) in [5, 5.41) is 7.73. The molecule has 3 amide bonds. The highest BCUT2D eigenvalue weighted by atomic mass is 32.2. The Hall–Kier alpha value is -2.39. The molecule has 1 aromatic carbocycles. The zero-order chi connectivity index (χ0) is 21.6. The van der Waals surface area contributed by atoms with Crippen LogP contribution >= 0.6 is 23.1 Å². The molecule has 3 atom stereocenters. The molecule has 0 spiro atoms. The number of hydrogen-bond acceptors (Lipinski definition) is 6. The summed E-state index contributed by atoms with van der Waals surface area (Å²) >= 11 is 2.92. The predicted molar refractivity (Wildman–Crippen MR) is 118 cm³/mol. The summed E-state index contributed by atoms with van der Waals surface area (Å²) in [6.45, 7) is 7.69. The van der Waals surface area contributed by atoms with Gasteiger partial charge in [-0.2, -0.15) is 0 Å². The number of thioether (sulfide) groups is 1. The molecule has 2 aromatic rings. The molecule has 1 aromatic heterocycles. The van der Waals surface area contributed by atoms with Crippen LogP contribution in [0.5, 0.6) is 0 Å². The molecule has 0 bridgehead atoms. The molecule has 0 radical (unpaired) electrons. The fourth-order valence-electron chi connectivity index (χ4n) is 4.04. The largest absolute Gasteiger partial charge is 0.342 e. The average molecular weight is 445 g/mol. The SMILES string of the molecule is CC(C)C(NC(=O)C1N2C(=O)c3ccccc3C2SC1(C)C)C(=O)Nc1nccs1. The molecule has 0 aliphatic carbocycles. The highest BCUT2D eigenvalue weighted by Crippen LogP contribution is 2.56. The van der Waals surface area contributed by atoms with Gasteiger partial charge in [0.15, 0.2) is 5.13 Å². The van der Waals surface area contributed by atoms with Crippen LogP contribution in [0.15, 0.2) is 35.8 Å². The van der Waals surface area contributed by atoms with Gasteiger partial charge in [-0.1, -0.05) is 32.0 Å². The molecule has 0 saturated carbocycles. The number of carbonyl (C=O) groups excluding carboxylic acids is 3. The van der Waals surface area contributed by atoms with Crippen molar-refractivity contribution >= 4 is 46.0 Å². The number of anilines is 1. The van der Waals surface area contributed by atoms with Crippen molar-refractivity contribution in [3.05, 3.63) is 47.0 Å².